The molecule has 0 aliphatic carbocycles. The Kier molecular flexibility index (Phi) is 8.46. The minimum atomic E-state index is -1.00. The lowest BCUT2D eigenvalue weighted by Crippen LogP contribution is -2.56. The number of hydrogen-bond donors (Lipinski definition) is 2. The van der Waals surface area contributed by atoms with Gasteiger partial charge in [-0.2, -0.15) is 0 Å². The highest BCUT2D eigenvalue weighted by Gasteiger charge is 2.58. The van der Waals surface area contributed by atoms with Gasteiger partial charge < -0.3 is 20.4 Å². The highest BCUT2D eigenvalue weighted by Crippen LogP contribution is 2.52. The van der Waals surface area contributed by atoms with Crippen LogP contribution in [-0.2, 0) is 4.79 Å². The smallest absolute Gasteiger partial charge is 0.318 e. The van der Waals surface area contributed by atoms with Crippen molar-refractivity contribution in [1.82, 2.24) is 20.4 Å². The van der Waals surface area contributed by atoms with Crippen molar-refractivity contribution in [3.05, 3.63) is 98.2 Å². The maximum atomic E-state index is 14.4. The Morgan fingerprint density at radius 2 is 1.68 bits per heavy atom. The number of non-ortho nitro benzene ring substituents is 1. The summed E-state index contributed by atoms with van der Waals surface area (Å²) in [5.74, 6) is -1.98. The van der Waals surface area contributed by atoms with Gasteiger partial charge in [-0.05, 0) is 30.9 Å². The summed E-state index contributed by atoms with van der Waals surface area (Å²) < 4.78 is 0. The van der Waals surface area contributed by atoms with Crippen LogP contribution < -0.4 is 10.6 Å². The average Bonchev–Trinajstić information content (AvgIpc) is 3.63. The Hall–Kier alpha value is -4.09. The van der Waals surface area contributed by atoms with Gasteiger partial charge in [0.2, 0.25) is 5.91 Å². The molecule has 4 atom stereocenters. The minimum Gasteiger partial charge on any atom is -0.338 e. The van der Waals surface area contributed by atoms with Gasteiger partial charge in [-0.1, -0.05) is 48.5 Å². The lowest BCUT2D eigenvalue weighted by atomic mass is 9.77. The van der Waals surface area contributed by atoms with Gasteiger partial charge in [0.05, 0.1) is 16.9 Å². The number of rotatable bonds is 7. The molecule has 10 nitrogen and oxygen atoms in total. The number of nitro groups is 1. The van der Waals surface area contributed by atoms with E-state index in [9.17, 15) is 24.5 Å². The number of carbonyl (C=O) groups is 3. The Bertz CT molecular complexity index is 1390. The maximum absolute atomic E-state index is 14.4. The molecule has 3 heterocycles. The molecule has 41 heavy (non-hydrogen) atoms. The molecule has 214 valence electrons. The molecule has 3 amide bonds. The lowest BCUT2D eigenvalue weighted by molar-refractivity contribution is -0.384. The second-order valence-corrected chi connectivity index (χ2v) is 11.6. The summed E-state index contributed by atoms with van der Waals surface area (Å²) in [7, 11) is 0. The molecule has 3 aromatic rings. The zero-order valence-electron chi connectivity index (χ0n) is 22.9. The van der Waals surface area contributed by atoms with Gasteiger partial charge >= 0.3 is 6.03 Å². The Balaban J connectivity index is 1.73. The molecule has 2 fully saturated rings. The molecule has 11 heteroatoms. The van der Waals surface area contributed by atoms with E-state index in [2.05, 4.69) is 10.6 Å². The first-order valence-corrected chi connectivity index (χ1v) is 14.6. The second-order valence-electron chi connectivity index (χ2n) is 10.6. The van der Waals surface area contributed by atoms with Crippen molar-refractivity contribution >= 4 is 34.7 Å². The van der Waals surface area contributed by atoms with Gasteiger partial charge in [0.25, 0.3) is 5.69 Å². The fourth-order valence-electron chi connectivity index (χ4n) is 5.91. The van der Waals surface area contributed by atoms with Crippen LogP contribution in [0.5, 0.6) is 0 Å². The maximum Gasteiger partial charge on any atom is 0.318 e. The zero-order valence-corrected chi connectivity index (χ0v) is 23.8. The molecular weight excluding hydrogens is 542 g/mol. The van der Waals surface area contributed by atoms with Gasteiger partial charge in [0, 0.05) is 60.7 Å². The van der Waals surface area contributed by atoms with E-state index in [1.165, 1.54) is 23.5 Å². The summed E-state index contributed by atoms with van der Waals surface area (Å²) >= 11 is 1.43. The molecule has 0 saturated carbocycles. The number of amides is 3. The molecule has 2 aliphatic heterocycles. The van der Waals surface area contributed by atoms with Crippen LogP contribution in [0.1, 0.15) is 46.6 Å². The number of thiophene rings is 1. The SMILES string of the molecule is CC(C)NC(=O)N1C(C(=O)N2CCNCC2)C(c2ccc([N+](=O)[O-])cc2)C(C(=O)c2ccccc2)C1c1cccs1. The lowest BCUT2D eigenvalue weighted by Gasteiger charge is -2.36. The quantitative estimate of drug-likeness (QED) is 0.247. The van der Waals surface area contributed by atoms with Crippen LogP contribution in [0.15, 0.2) is 72.1 Å². The number of ketones is 1. The summed E-state index contributed by atoms with van der Waals surface area (Å²) in [4.78, 5) is 58.0. The van der Waals surface area contributed by atoms with Crippen LogP contribution in [0, 0.1) is 16.0 Å². The highest BCUT2D eigenvalue weighted by molar-refractivity contribution is 7.10. The number of hydrogen-bond acceptors (Lipinski definition) is 7. The molecule has 5 rings (SSSR count). The number of Topliss-reactive ketones (excluding diaryl/α,β-unsaturated/α-hetero) is 1. The number of urea groups is 1. The van der Waals surface area contributed by atoms with Crippen molar-refractivity contribution in [3.63, 3.8) is 0 Å². The summed E-state index contributed by atoms with van der Waals surface area (Å²) in [5.41, 5.74) is 0.983. The predicted molar refractivity (Wildman–Crippen MR) is 156 cm³/mol. The fourth-order valence-corrected chi connectivity index (χ4v) is 6.78. The monoisotopic (exact) mass is 575 g/mol. The second kappa shape index (κ2) is 12.2. The topological polar surface area (TPSA) is 125 Å². The number of nitrogens with zero attached hydrogens (tertiary/aromatic N) is 3. The molecule has 0 spiro atoms. The van der Waals surface area contributed by atoms with Crippen molar-refractivity contribution in [3.8, 4) is 0 Å². The van der Waals surface area contributed by atoms with Gasteiger partial charge in [-0.3, -0.25) is 19.7 Å². The van der Waals surface area contributed by atoms with Crippen LogP contribution >= 0.6 is 11.3 Å². The molecule has 0 bridgehead atoms. The molecule has 2 aliphatic rings. The van der Waals surface area contributed by atoms with Crippen molar-refractivity contribution in [2.24, 2.45) is 5.92 Å². The minimum absolute atomic E-state index is 0.0909. The van der Waals surface area contributed by atoms with Crippen molar-refractivity contribution in [2.45, 2.75) is 37.9 Å². The van der Waals surface area contributed by atoms with E-state index in [1.54, 1.807) is 46.2 Å². The molecule has 0 radical (unpaired) electrons. The van der Waals surface area contributed by atoms with Gasteiger partial charge in [0.1, 0.15) is 6.04 Å². The van der Waals surface area contributed by atoms with E-state index in [1.807, 2.05) is 37.4 Å². The predicted octanol–water partition coefficient (Wildman–Crippen LogP) is 4.21. The number of piperazine rings is 1. The zero-order chi connectivity index (χ0) is 29.1. The molecular formula is C30H33N5O5S. The summed E-state index contributed by atoms with van der Waals surface area (Å²) in [5, 5.41) is 19.6. The summed E-state index contributed by atoms with van der Waals surface area (Å²) in [6.07, 6.45) is 0. The van der Waals surface area contributed by atoms with Crippen molar-refractivity contribution < 1.29 is 19.3 Å². The van der Waals surface area contributed by atoms with E-state index in [0.29, 0.717) is 37.3 Å². The first kappa shape index (κ1) is 28.4. The van der Waals surface area contributed by atoms with Crippen LogP contribution in [-0.4, -0.2) is 70.7 Å². The largest absolute Gasteiger partial charge is 0.338 e. The van der Waals surface area contributed by atoms with Crippen LogP contribution in [0.25, 0.3) is 0 Å². The van der Waals surface area contributed by atoms with E-state index in [0.717, 1.165) is 4.88 Å². The first-order chi connectivity index (χ1) is 19.8. The van der Waals surface area contributed by atoms with Gasteiger partial charge in [0.15, 0.2) is 5.78 Å². The first-order valence-electron chi connectivity index (χ1n) is 13.7. The number of benzene rings is 2. The molecule has 4 unspecified atom stereocenters. The van der Waals surface area contributed by atoms with Gasteiger partial charge in [-0.15, -0.1) is 11.3 Å². The molecule has 2 aromatic carbocycles. The fraction of sp³-hybridized carbons (Fsp3) is 0.367. The number of likely N-dealkylation sites (tertiary alicyclic amines) is 1. The van der Waals surface area contributed by atoms with Crippen LogP contribution in [0.2, 0.25) is 0 Å². The molecule has 1 aromatic heterocycles. The number of carbonyl (C=O) groups excluding carboxylic acids is 3. The highest BCUT2D eigenvalue weighted by atomic mass is 32.1. The van der Waals surface area contributed by atoms with Gasteiger partial charge in [-0.25, -0.2) is 4.79 Å². The van der Waals surface area contributed by atoms with E-state index in [4.69, 9.17) is 0 Å². The molecule has 2 N–H and O–H groups in total. The average molecular weight is 576 g/mol. The Morgan fingerprint density at radius 3 is 2.27 bits per heavy atom. The standard InChI is InChI=1S/C30H33N5O5S/c1-19(2)32-30(38)34-26(23-9-6-18-41-23)25(28(36)21-7-4-3-5-8-21)24(20-10-12-22(13-11-20)35(39)40)27(34)29(37)33-16-14-31-15-17-33/h3-13,18-19,24-27,31H,14-17H2,1-2H3,(H,32,38). The normalized spacial score (nSPS) is 22.5. The molecule has 2 saturated heterocycles. The Labute approximate surface area is 242 Å². The van der Waals surface area contributed by atoms with E-state index >= 15 is 0 Å². The van der Waals surface area contributed by atoms with Crippen LogP contribution in [0.3, 0.4) is 0 Å². The third-order valence-corrected chi connectivity index (χ3v) is 8.62. The van der Waals surface area contributed by atoms with E-state index in [-0.39, 0.29) is 23.4 Å². The summed E-state index contributed by atoms with van der Waals surface area (Å²) in [6.45, 7) is 5.90. The van der Waals surface area contributed by atoms with Crippen LogP contribution in [0.4, 0.5) is 10.5 Å². The number of nitro benzene ring substituents is 1. The van der Waals surface area contributed by atoms with Crippen molar-refractivity contribution in [1.29, 1.82) is 0 Å². The summed E-state index contributed by atoms with van der Waals surface area (Å²) in [6, 6.07) is 16.3. The third kappa shape index (κ3) is 5.73. The van der Waals surface area contributed by atoms with Crippen molar-refractivity contribution in [2.75, 3.05) is 26.2 Å². The number of nitrogens with one attached hydrogen (secondary N) is 2. The Morgan fingerprint density at radius 1 is 1.00 bits per heavy atom. The third-order valence-electron chi connectivity index (χ3n) is 7.68. The van der Waals surface area contributed by atoms with E-state index < -0.39 is 34.9 Å².